The number of imide groups is 1. The molecule has 1 aliphatic heterocycles. The SMILES string of the molecule is O=C1c2cccc(-n3c4ccccc4c4cccc(-n5c6ccccc6c6ccccc65)c43)c2C(=O)N1c1ccc(-c2ccccc2)cc1. The molecule has 10 rings (SSSR count). The average Bonchev–Trinajstić information content (AvgIpc) is 3.77. The third kappa shape index (κ3) is 3.87. The van der Waals surface area contributed by atoms with Gasteiger partial charge in [0.2, 0.25) is 0 Å². The minimum atomic E-state index is -0.330. The van der Waals surface area contributed by atoms with Gasteiger partial charge >= 0.3 is 0 Å². The predicted molar refractivity (Wildman–Crippen MR) is 198 cm³/mol. The minimum Gasteiger partial charge on any atom is -0.307 e. The predicted octanol–water partition coefficient (Wildman–Crippen LogP) is 10.3. The second-order valence-electron chi connectivity index (χ2n) is 12.5. The van der Waals surface area contributed by atoms with Gasteiger partial charge in [-0.15, -0.1) is 0 Å². The van der Waals surface area contributed by atoms with Gasteiger partial charge in [-0.05, 0) is 59.7 Å². The van der Waals surface area contributed by atoms with Crippen molar-refractivity contribution >= 4 is 61.1 Å². The summed E-state index contributed by atoms with van der Waals surface area (Å²) in [4.78, 5) is 29.9. The number of hydrogen-bond acceptors (Lipinski definition) is 2. The fourth-order valence-electron chi connectivity index (χ4n) is 7.74. The second kappa shape index (κ2) is 10.4. The van der Waals surface area contributed by atoms with Gasteiger partial charge < -0.3 is 9.13 Å². The van der Waals surface area contributed by atoms with E-state index in [0.717, 1.165) is 49.7 Å². The van der Waals surface area contributed by atoms with E-state index in [1.807, 2.05) is 78.9 Å². The molecule has 7 aromatic carbocycles. The highest BCUT2D eigenvalue weighted by Gasteiger charge is 2.39. The first kappa shape index (κ1) is 27.4. The summed E-state index contributed by atoms with van der Waals surface area (Å²) < 4.78 is 4.49. The molecule has 0 radical (unpaired) electrons. The highest BCUT2D eigenvalue weighted by atomic mass is 16.2. The Balaban J connectivity index is 1.21. The molecular weight excluding hydrogens is 603 g/mol. The first-order chi connectivity index (χ1) is 24.2. The molecule has 0 bridgehead atoms. The molecular formula is C44H27N3O2. The number of aromatic nitrogens is 2. The van der Waals surface area contributed by atoms with Crippen LogP contribution in [0.2, 0.25) is 0 Å². The number of amides is 2. The molecule has 5 heteroatoms. The van der Waals surface area contributed by atoms with Gasteiger partial charge in [-0.3, -0.25) is 9.59 Å². The molecule has 0 aliphatic carbocycles. The van der Waals surface area contributed by atoms with Gasteiger partial charge in [0, 0.05) is 21.5 Å². The van der Waals surface area contributed by atoms with Gasteiger partial charge in [-0.2, -0.15) is 0 Å². The van der Waals surface area contributed by atoms with E-state index in [2.05, 4.69) is 88.0 Å². The van der Waals surface area contributed by atoms with Crippen LogP contribution >= 0.6 is 0 Å². The van der Waals surface area contributed by atoms with Crippen molar-refractivity contribution in [1.82, 2.24) is 9.13 Å². The molecule has 2 aromatic heterocycles. The maximum absolute atomic E-state index is 14.5. The molecule has 49 heavy (non-hydrogen) atoms. The van der Waals surface area contributed by atoms with Gasteiger partial charge in [0.25, 0.3) is 11.8 Å². The minimum absolute atomic E-state index is 0.322. The monoisotopic (exact) mass is 629 g/mol. The van der Waals surface area contributed by atoms with E-state index in [-0.39, 0.29) is 11.8 Å². The Bertz CT molecular complexity index is 2750. The standard InChI is InChI=1S/C44H27N3O2/c48-43-35-18-11-22-39(41(35)44(49)45(43)30-26-24-29(25-27-30)28-12-2-1-3-13-28)47-38-21-9-6-16-33(38)34-17-10-23-40(42(34)47)46-36-19-7-4-14-31(36)32-15-5-8-20-37(32)46/h1-27H. The summed E-state index contributed by atoms with van der Waals surface area (Å²) in [5, 5.41) is 4.49. The Morgan fingerprint density at radius 2 is 0.878 bits per heavy atom. The van der Waals surface area contributed by atoms with Crippen LogP contribution in [0, 0.1) is 0 Å². The van der Waals surface area contributed by atoms with Gasteiger partial charge in [-0.25, -0.2) is 4.90 Å². The van der Waals surface area contributed by atoms with Crippen LogP contribution in [0.3, 0.4) is 0 Å². The van der Waals surface area contributed by atoms with Crippen molar-refractivity contribution in [2.24, 2.45) is 0 Å². The van der Waals surface area contributed by atoms with E-state index in [1.54, 1.807) is 6.07 Å². The van der Waals surface area contributed by atoms with Crippen LogP contribution in [0.5, 0.6) is 0 Å². The lowest BCUT2D eigenvalue weighted by Crippen LogP contribution is -2.29. The number of carbonyl (C=O) groups is 2. The topological polar surface area (TPSA) is 47.2 Å². The Morgan fingerprint density at radius 1 is 0.367 bits per heavy atom. The van der Waals surface area contributed by atoms with E-state index in [9.17, 15) is 9.59 Å². The van der Waals surface area contributed by atoms with Crippen molar-refractivity contribution in [3.8, 4) is 22.5 Å². The number of para-hydroxylation sites is 4. The van der Waals surface area contributed by atoms with Crippen molar-refractivity contribution in [2.75, 3.05) is 4.90 Å². The lowest BCUT2D eigenvalue weighted by atomic mass is 10.1. The summed E-state index contributed by atoms with van der Waals surface area (Å²) in [5.74, 6) is -0.652. The fraction of sp³-hybridized carbons (Fsp3) is 0. The van der Waals surface area contributed by atoms with Crippen molar-refractivity contribution in [3.63, 3.8) is 0 Å². The van der Waals surface area contributed by atoms with E-state index in [0.29, 0.717) is 22.5 Å². The van der Waals surface area contributed by atoms with Crippen molar-refractivity contribution in [2.45, 2.75) is 0 Å². The molecule has 0 unspecified atom stereocenters. The maximum atomic E-state index is 14.5. The Labute approximate surface area is 281 Å². The normalized spacial score (nSPS) is 12.9. The van der Waals surface area contributed by atoms with Gasteiger partial charge in [-0.1, -0.05) is 115 Å². The first-order valence-corrected chi connectivity index (χ1v) is 16.4. The lowest BCUT2D eigenvalue weighted by molar-refractivity contribution is 0.0926. The molecule has 1 aliphatic rings. The summed E-state index contributed by atoms with van der Waals surface area (Å²) in [6, 6.07) is 54.9. The zero-order chi connectivity index (χ0) is 32.6. The van der Waals surface area contributed by atoms with Gasteiger partial charge in [0.1, 0.15) is 0 Å². The second-order valence-corrected chi connectivity index (χ2v) is 12.5. The number of anilines is 1. The van der Waals surface area contributed by atoms with Gasteiger partial charge in [0.05, 0.1) is 50.3 Å². The Hall–Kier alpha value is -6.72. The molecule has 2 amide bonds. The molecule has 0 atom stereocenters. The van der Waals surface area contributed by atoms with Crippen LogP contribution in [-0.2, 0) is 0 Å². The van der Waals surface area contributed by atoms with Crippen LogP contribution in [0.4, 0.5) is 5.69 Å². The summed E-state index contributed by atoms with van der Waals surface area (Å²) in [6.07, 6.45) is 0. The maximum Gasteiger partial charge on any atom is 0.268 e. The first-order valence-electron chi connectivity index (χ1n) is 16.4. The summed E-state index contributed by atoms with van der Waals surface area (Å²) >= 11 is 0. The van der Waals surface area contributed by atoms with E-state index >= 15 is 0 Å². The summed E-state index contributed by atoms with van der Waals surface area (Å²) in [5.41, 5.74) is 9.24. The lowest BCUT2D eigenvalue weighted by Gasteiger charge is -2.17. The summed E-state index contributed by atoms with van der Waals surface area (Å²) in [6.45, 7) is 0. The van der Waals surface area contributed by atoms with Crippen LogP contribution in [-0.4, -0.2) is 20.9 Å². The Kier molecular flexibility index (Phi) is 5.81. The van der Waals surface area contributed by atoms with E-state index in [4.69, 9.17) is 0 Å². The van der Waals surface area contributed by atoms with Crippen molar-refractivity contribution < 1.29 is 9.59 Å². The van der Waals surface area contributed by atoms with Crippen molar-refractivity contribution in [1.29, 1.82) is 0 Å². The van der Waals surface area contributed by atoms with Crippen LogP contribution in [0.1, 0.15) is 20.7 Å². The molecule has 0 saturated heterocycles. The Morgan fingerprint density at radius 3 is 1.55 bits per heavy atom. The van der Waals surface area contributed by atoms with Crippen molar-refractivity contribution in [3.05, 3.63) is 175 Å². The highest BCUT2D eigenvalue weighted by molar-refractivity contribution is 6.36. The smallest absolute Gasteiger partial charge is 0.268 e. The number of hydrogen-bond donors (Lipinski definition) is 0. The van der Waals surface area contributed by atoms with Crippen LogP contribution in [0.25, 0.3) is 66.1 Å². The average molecular weight is 630 g/mol. The molecule has 0 spiro atoms. The number of nitrogens with zero attached hydrogens (tertiary/aromatic N) is 3. The molecule has 5 nitrogen and oxygen atoms in total. The third-order valence-corrected chi connectivity index (χ3v) is 9.86. The van der Waals surface area contributed by atoms with Crippen LogP contribution in [0.15, 0.2) is 164 Å². The van der Waals surface area contributed by atoms with Crippen LogP contribution < -0.4 is 4.90 Å². The van der Waals surface area contributed by atoms with E-state index < -0.39 is 0 Å². The number of carbonyl (C=O) groups excluding carboxylic acids is 2. The summed E-state index contributed by atoms with van der Waals surface area (Å²) in [7, 11) is 0. The number of fused-ring (bicyclic) bond motifs is 7. The quantitative estimate of drug-likeness (QED) is 0.182. The molecule has 0 fully saturated rings. The molecule has 9 aromatic rings. The molecule has 0 saturated carbocycles. The van der Waals surface area contributed by atoms with Gasteiger partial charge in [0.15, 0.2) is 0 Å². The molecule has 3 heterocycles. The number of benzene rings is 7. The highest BCUT2D eigenvalue weighted by Crippen LogP contribution is 2.42. The zero-order valence-corrected chi connectivity index (χ0v) is 26.2. The largest absolute Gasteiger partial charge is 0.307 e. The third-order valence-electron chi connectivity index (χ3n) is 9.86. The zero-order valence-electron chi connectivity index (χ0n) is 26.2. The molecule has 230 valence electrons. The molecule has 0 N–H and O–H groups in total. The fourth-order valence-corrected chi connectivity index (χ4v) is 7.74. The number of rotatable bonds is 4. The van der Waals surface area contributed by atoms with E-state index in [1.165, 1.54) is 15.7 Å².